The predicted octanol–water partition coefficient (Wildman–Crippen LogP) is 6.32. The number of fused-ring (bicyclic) bond motifs is 1. The molecule has 0 radical (unpaired) electrons. The van der Waals surface area contributed by atoms with Gasteiger partial charge < -0.3 is 14.4 Å². The molecule has 1 N–H and O–H groups in total. The lowest BCUT2D eigenvalue weighted by Crippen LogP contribution is -2.58. The fourth-order valence-corrected chi connectivity index (χ4v) is 5.23. The number of anilines is 1. The van der Waals surface area contributed by atoms with Crippen molar-refractivity contribution in [2.45, 2.75) is 58.9 Å². The van der Waals surface area contributed by atoms with E-state index >= 15 is 0 Å². The van der Waals surface area contributed by atoms with Gasteiger partial charge >= 0.3 is 6.09 Å². The summed E-state index contributed by atoms with van der Waals surface area (Å²) in [6.07, 6.45) is -0.751. The summed E-state index contributed by atoms with van der Waals surface area (Å²) in [5.74, 6) is -0.382. The third-order valence-electron chi connectivity index (χ3n) is 7.17. The van der Waals surface area contributed by atoms with Crippen LogP contribution in [0.15, 0.2) is 102 Å². The van der Waals surface area contributed by atoms with Gasteiger partial charge in [-0.1, -0.05) is 91.0 Å². The van der Waals surface area contributed by atoms with Crippen LogP contribution in [-0.2, 0) is 11.3 Å². The summed E-state index contributed by atoms with van der Waals surface area (Å²) in [5, 5.41) is 4.73. The van der Waals surface area contributed by atoms with Crippen molar-refractivity contribution in [3.63, 3.8) is 0 Å². The number of pyridine rings is 1. The second-order valence-electron chi connectivity index (χ2n) is 12.0. The number of ether oxygens (including phenoxy) is 2. The highest BCUT2D eigenvalue weighted by Crippen LogP contribution is 2.35. The van der Waals surface area contributed by atoms with Gasteiger partial charge in [-0.3, -0.25) is 19.9 Å². The van der Waals surface area contributed by atoms with Gasteiger partial charge in [0.1, 0.15) is 24.7 Å². The zero-order chi connectivity index (χ0) is 31.4. The molecule has 3 aromatic carbocycles. The summed E-state index contributed by atoms with van der Waals surface area (Å²) in [6.45, 7) is 9.37. The molecule has 9 nitrogen and oxygen atoms in total. The first-order valence-electron chi connectivity index (χ1n) is 14.7. The van der Waals surface area contributed by atoms with Crippen LogP contribution in [0.4, 0.5) is 10.6 Å². The van der Waals surface area contributed by atoms with E-state index < -0.39 is 23.2 Å². The van der Waals surface area contributed by atoms with Crippen LogP contribution in [0.25, 0.3) is 0 Å². The van der Waals surface area contributed by atoms with Gasteiger partial charge in [0.05, 0.1) is 6.04 Å². The van der Waals surface area contributed by atoms with Crippen molar-refractivity contribution in [1.82, 2.24) is 9.58 Å². The number of carbonyl (C=O) groups excluding carboxylic acids is 2. The van der Waals surface area contributed by atoms with Gasteiger partial charge in [-0.05, 0) is 51.3 Å². The van der Waals surface area contributed by atoms with Crippen LogP contribution in [0.2, 0.25) is 0 Å². The molecule has 0 saturated carbocycles. The molecule has 0 atom stereocenters. The van der Waals surface area contributed by atoms with E-state index in [0.717, 1.165) is 16.7 Å². The molecule has 4 aromatic rings. The average Bonchev–Trinajstić information content (AvgIpc) is 2.98. The van der Waals surface area contributed by atoms with Crippen LogP contribution in [0.1, 0.15) is 67.8 Å². The topological polar surface area (TPSA) is 93.1 Å². The van der Waals surface area contributed by atoms with Gasteiger partial charge in [0.25, 0.3) is 5.91 Å². The summed E-state index contributed by atoms with van der Waals surface area (Å²) >= 11 is 0. The predicted molar refractivity (Wildman–Crippen MR) is 170 cm³/mol. The van der Waals surface area contributed by atoms with E-state index in [9.17, 15) is 14.4 Å². The highest BCUT2D eigenvalue weighted by Gasteiger charge is 2.40. The summed E-state index contributed by atoms with van der Waals surface area (Å²) in [6, 6.07) is 29.9. The Morgan fingerprint density at radius 3 is 1.93 bits per heavy atom. The first-order chi connectivity index (χ1) is 21.0. The highest BCUT2D eigenvalue weighted by molar-refractivity contribution is 5.98. The van der Waals surface area contributed by atoms with Gasteiger partial charge in [0.2, 0.25) is 5.43 Å². The monoisotopic (exact) mass is 594 g/mol. The molecule has 2 amide bonds. The van der Waals surface area contributed by atoms with Crippen LogP contribution in [0, 0.1) is 0 Å². The number of hydrogen-bond donors (Lipinski definition) is 1. The maximum atomic E-state index is 14.3. The molecule has 9 heteroatoms. The molecule has 0 aliphatic carbocycles. The zero-order valence-corrected chi connectivity index (χ0v) is 25.7. The van der Waals surface area contributed by atoms with Gasteiger partial charge in [-0.2, -0.15) is 0 Å². The minimum absolute atomic E-state index is 0.0244. The highest BCUT2D eigenvalue weighted by atomic mass is 16.6. The third-order valence-corrected chi connectivity index (χ3v) is 7.17. The summed E-state index contributed by atoms with van der Waals surface area (Å²) < 4.78 is 13.3. The molecule has 1 aliphatic rings. The smallest absolute Gasteiger partial charge is 0.413 e. The quantitative estimate of drug-likeness (QED) is 0.257. The average molecular weight is 595 g/mol. The number of rotatable bonds is 8. The summed E-state index contributed by atoms with van der Waals surface area (Å²) in [5.41, 5.74) is 1.46. The van der Waals surface area contributed by atoms with Crippen molar-refractivity contribution in [3.8, 4) is 5.75 Å². The van der Waals surface area contributed by atoms with Crippen LogP contribution in [0.3, 0.4) is 0 Å². The SMILES string of the molecule is CC(C)N1CN(C(c2ccccc2)c2ccccc2)n2c(NC(=O)OC(C)(C)C)cc(=O)c(OCc3ccccc3)c2C1=O. The van der Waals surface area contributed by atoms with Crippen LogP contribution in [-0.4, -0.2) is 39.9 Å². The molecule has 1 aromatic heterocycles. The Hall–Kier alpha value is -5.05. The number of nitrogens with one attached hydrogen (secondary N) is 1. The molecule has 228 valence electrons. The number of benzene rings is 3. The zero-order valence-electron chi connectivity index (χ0n) is 25.7. The molecule has 2 heterocycles. The van der Waals surface area contributed by atoms with E-state index in [4.69, 9.17) is 9.47 Å². The van der Waals surface area contributed by atoms with Crippen molar-refractivity contribution in [2.75, 3.05) is 17.0 Å². The Morgan fingerprint density at radius 2 is 1.41 bits per heavy atom. The van der Waals surface area contributed by atoms with E-state index in [1.54, 1.807) is 30.3 Å². The minimum Gasteiger partial charge on any atom is -0.482 e. The molecule has 5 rings (SSSR count). The van der Waals surface area contributed by atoms with E-state index in [-0.39, 0.29) is 42.5 Å². The minimum atomic E-state index is -0.783. The van der Waals surface area contributed by atoms with Gasteiger partial charge in [0, 0.05) is 12.1 Å². The van der Waals surface area contributed by atoms with Crippen molar-refractivity contribution < 1.29 is 19.1 Å². The fourth-order valence-electron chi connectivity index (χ4n) is 5.23. The van der Waals surface area contributed by atoms with Crippen molar-refractivity contribution in [3.05, 3.63) is 130 Å². The van der Waals surface area contributed by atoms with Crippen LogP contribution < -0.4 is 20.5 Å². The maximum absolute atomic E-state index is 14.3. The number of nitrogens with zero attached hydrogens (tertiary/aromatic N) is 3. The Balaban J connectivity index is 1.75. The van der Waals surface area contributed by atoms with Crippen molar-refractivity contribution in [1.29, 1.82) is 0 Å². The largest absolute Gasteiger partial charge is 0.482 e. The summed E-state index contributed by atoms with van der Waals surface area (Å²) in [4.78, 5) is 42.8. The molecule has 0 fully saturated rings. The lowest BCUT2D eigenvalue weighted by atomic mass is 9.98. The molecule has 0 unspecified atom stereocenters. The number of hydrogen-bond acceptors (Lipinski definition) is 6. The van der Waals surface area contributed by atoms with E-state index in [0.29, 0.717) is 0 Å². The Kier molecular flexibility index (Phi) is 8.76. The normalized spacial score (nSPS) is 13.2. The molecule has 0 spiro atoms. The first-order valence-corrected chi connectivity index (χ1v) is 14.7. The molecule has 1 aliphatic heterocycles. The Labute approximate surface area is 257 Å². The number of aromatic nitrogens is 1. The van der Waals surface area contributed by atoms with Crippen molar-refractivity contribution >= 4 is 17.8 Å². The molecule has 0 saturated heterocycles. The van der Waals surface area contributed by atoms with Crippen LogP contribution in [0.5, 0.6) is 5.75 Å². The molecular weight excluding hydrogens is 556 g/mol. The van der Waals surface area contributed by atoms with E-state index in [2.05, 4.69) is 5.32 Å². The lowest BCUT2D eigenvalue weighted by Gasteiger charge is -2.46. The van der Waals surface area contributed by atoms with Gasteiger partial charge in [-0.25, -0.2) is 9.47 Å². The Morgan fingerprint density at radius 1 is 0.864 bits per heavy atom. The van der Waals surface area contributed by atoms with E-state index in [1.165, 1.54) is 6.07 Å². The second-order valence-corrected chi connectivity index (χ2v) is 12.0. The van der Waals surface area contributed by atoms with Gasteiger partial charge in [-0.15, -0.1) is 0 Å². The van der Waals surface area contributed by atoms with Crippen molar-refractivity contribution in [2.24, 2.45) is 0 Å². The fraction of sp³-hybridized carbons (Fsp3) is 0.286. The standard InChI is InChI=1S/C35H38N4O5/c1-24(2)37-23-38(30(26-17-11-7-12-18-26)27-19-13-8-14-20-27)39-29(36-34(42)44-35(3,4)5)21-28(40)32(31(39)33(37)41)43-22-25-15-9-6-10-16-25/h6-21,24,30H,22-23H2,1-5H3,(H,36,42). The number of carbonyl (C=O) groups is 2. The van der Waals surface area contributed by atoms with Gasteiger partial charge in [0.15, 0.2) is 11.4 Å². The molecule has 0 bridgehead atoms. The third kappa shape index (κ3) is 6.62. The summed E-state index contributed by atoms with van der Waals surface area (Å²) in [7, 11) is 0. The lowest BCUT2D eigenvalue weighted by molar-refractivity contribution is 0.0600. The molecular formula is C35H38N4O5. The Bertz CT molecular complexity index is 1630. The molecule has 44 heavy (non-hydrogen) atoms. The maximum Gasteiger partial charge on any atom is 0.413 e. The second kappa shape index (κ2) is 12.7. The first kappa shape index (κ1) is 30.4. The van der Waals surface area contributed by atoms with E-state index in [1.807, 2.05) is 110 Å². The number of amides is 2. The van der Waals surface area contributed by atoms with Crippen LogP contribution >= 0.6 is 0 Å².